The van der Waals surface area contributed by atoms with Crippen LogP contribution in [0.25, 0.3) is 0 Å². The summed E-state index contributed by atoms with van der Waals surface area (Å²) in [6.45, 7) is 1.34. The lowest BCUT2D eigenvalue weighted by Gasteiger charge is -2.33. The fourth-order valence-electron chi connectivity index (χ4n) is 2.73. The minimum Gasteiger partial charge on any atom is -0.303 e. The first-order chi connectivity index (χ1) is 6.36. The predicted octanol–water partition coefficient (Wildman–Crippen LogP) is 3.05. The smallest absolute Gasteiger partial charge is 0.00948 e. The molecule has 0 amide bonds. The Hall–Kier alpha value is -0.0400. The second-order valence-corrected chi connectivity index (χ2v) is 5.02. The van der Waals surface area contributed by atoms with Crippen LogP contribution in [-0.4, -0.2) is 24.5 Å². The highest BCUT2D eigenvalue weighted by atomic mass is 15.1. The van der Waals surface area contributed by atoms with Crippen molar-refractivity contribution >= 4 is 0 Å². The number of nitrogens with zero attached hydrogens (tertiary/aromatic N) is 1. The SMILES string of the molecule is CN1CCCCCC1CC1CCC1. The van der Waals surface area contributed by atoms with Gasteiger partial charge in [0.1, 0.15) is 0 Å². The van der Waals surface area contributed by atoms with Gasteiger partial charge in [0.2, 0.25) is 0 Å². The van der Waals surface area contributed by atoms with E-state index in [1.165, 1.54) is 57.9 Å². The van der Waals surface area contributed by atoms with Crippen molar-refractivity contribution in [3.8, 4) is 0 Å². The van der Waals surface area contributed by atoms with Gasteiger partial charge in [-0.2, -0.15) is 0 Å². The van der Waals surface area contributed by atoms with Crippen LogP contribution in [0.2, 0.25) is 0 Å². The van der Waals surface area contributed by atoms with Crippen LogP contribution in [-0.2, 0) is 0 Å². The van der Waals surface area contributed by atoms with E-state index in [4.69, 9.17) is 0 Å². The van der Waals surface area contributed by atoms with Crippen molar-refractivity contribution in [3.63, 3.8) is 0 Å². The summed E-state index contributed by atoms with van der Waals surface area (Å²) in [5.74, 6) is 1.09. The minimum absolute atomic E-state index is 0.924. The third-order valence-corrected chi connectivity index (χ3v) is 4.00. The number of rotatable bonds is 2. The van der Waals surface area contributed by atoms with Crippen molar-refractivity contribution in [1.29, 1.82) is 0 Å². The highest BCUT2D eigenvalue weighted by Crippen LogP contribution is 2.33. The highest BCUT2D eigenvalue weighted by molar-refractivity contribution is 4.79. The summed E-state index contributed by atoms with van der Waals surface area (Å²) in [6.07, 6.45) is 11.9. The normalized spacial score (nSPS) is 32.5. The molecule has 1 saturated carbocycles. The molecule has 1 atom stereocenters. The Morgan fingerprint density at radius 1 is 1.00 bits per heavy atom. The van der Waals surface area contributed by atoms with Crippen LogP contribution < -0.4 is 0 Å². The molecule has 0 aromatic heterocycles. The van der Waals surface area contributed by atoms with Crippen molar-refractivity contribution in [2.75, 3.05) is 13.6 Å². The molecule has 1 heteroatoms. The van der Waals surface area contributed by atoms with Gasteiger partial charge in [0, 0.05) is 6.04 Å². The Morgan fingerprint density at radius 2 is 1.85 bits per heavy atom. The summed E-state index contributed by atoms with van der Waals surface area (Å²) in [7, 11) is 2.33. The van der Waals surface area contributed by atoms with Gasteiger partial charge < -0.3 is 4.90 Å². The lowest BCUT2D eigenvalue weighted by atomic mass is 9.80. The molecule has 0 radical (unpaired) electrons. The fourth-order valence-corrected chi connectivity index (χ4v) is 2.73. The van der Waals surface area contributed by atoms with E-state index >= 15 is 0 Å². The molecule has 1 unspecified atom stereocenters. The molecule has 13 heavy (non-hydrogen) atoms. The molecule has 0 N–H and O–H groups in total. The number of hydrogen-bond acceptors (Lipinski definition) is 1. The zero-order valence-electron chi connectivity index (χ0n) is 8.97. The summed E-state index contributed by atoms with van der Waals surface area (Å²) in [5, 5.41) is 0. The van der Waals surface area contributed by atoms with Crippen LogP contribution in [0, 0.1) is 5.92 Å². The maximum absolute atomic E-state index is 2.62. The van der Waals surface area contributed by atoms with Crippen LogP contribution in [0.15, 0.2) is 0 Å². The molecule has 2 rings (SSSR count). The molecular formula is C12H23N. The van der Waals surface area contributed by atoms with Gasteiger partial charge in [-0.15, -0.1) is 0 Å². The third-order valence-electron chi connectivity index (χ3n) is 4.00. The maximum Gasteiger partial charge on any atom is 0.00948 e. The summed E-state index contributed by atoms with van der Waals surface area (Å²) in [4.78, 5) is 2.62. The van der Waals surface area contributed by atoms with Gasteiger partial charge in [-0.1, -0.05) is 32.1 Å². The van der Waals surface area contributed by atoms with E-state index in [1.54, 1.807) is 0 Å². The zero-order valence-corrected chi connectivity index (χ0v) is 8.97. The quantitative estimate of drug-likeness (QED) is 0.633. The molecule has 1 aliphatic carbocycles. The van der Waals surface area contributed by atoms with Crippen LogP contribution in [0.1, 0.15) is 51.4 Å². The molecule has 2 aliphatic rings. The molecule has 0 aromatic rings. The van der Waals surface area contributed by atoms with Crippen LogP contribution in [0.3, 0.4) is 0 Å². The van der Waals surface area contributed by atoms with Crippen LogP contribution in [0.5, 0.6) is 0 Å². The summed E-state index contributed by atoms with van der Waals surface area (Å²) >= 11 is 0. The van der Waals surface area contributed by atoms with Crippen LogP contribution in [0.4, 0.5) is 0 Å². The van der Waals surface area contributed by atoms with Gasteiger partial charge in [0.25, 0.3) is 0 Å². The highest BCUT2D eigenvalue weighted by Gasteiger charge is 2.25. The third kappa shape index (κ3) is 2.46. The Labute approximate surface area is 82.5 Å². The van der Waals surface area contributed by atoms with Gasteiger partial charge in [0.15, 0.2) is 0 Å². The van der Waals surface area contributed by atoms with Gasteiger partial charge >= 0.3 is 0 Å². The second kappa shape index (κ2) is 4.45. The van der Waals surface area contributed by atoms with Gasteiger partial charge in [-0.3, -0.25) is 0 Å². The maximum atomic E-state index is 2.62. The van der Waals surface area contributed by atoms with E-state index in [9.17, 15) is 0 Å². The van der Waals surface area contributed by atoms with Crippen molar-refractivity contribution in [2.45, 2.75) is 57.4 Å². The molecule has 2 fully saturated rings. The Balaban J connectivity index is 1.79. The predicted molar refractivity (Wildman–Crippen MR) is 56.8 cm³/mol. The topological polar surface area (TPSA) is 3.24 Å². The van der Waals surface area contributed by atoms with Crippen molar-refractivity contribution in [3.05, 3.63) is 0 Å². The average molecular weight is 181 g/mol. The summed E-state index contributed by atoms with van der Waals surface area (Å²) in [5.41, 5.74) is 0. The van der Waals surface area contributed by atoms with Gasteiger partial charge in [-0.25, -0.2) is 0 Å². The molecule has 0 spiro atoms. The molecule has 0 bridgehead atoms. The minimum atomic E-state index is 0.924. The first kappa shape index (κ1) is 9.51. The Kier molecular flexibility index (Phi) is 3.26. The number of likely N-dealkylation sites (tertiary alicyclic amines) is 1. The zero-order chi connectivity index (χ0) is 9.10. The van der Waals surface area contributed by atoms with Gasteiger partial charge in [-0.05, 0) is 38.8 Å². The van der Waals surface area contributed by atoms with E-state index in [1.807, 2.05) is 0 Å². The molecular weight excluding hydrogens is 158 g/mol. The standard InChI is InChI=1S/C12H23N/c1-13-9-4-2-3-8-12(13)10-11-6-5-7-11/h11-12H,2-10H2,1H3. The largest absolute Gasteiger partial charge is 0.303 e. The van der Waals surface area contributed by atoms with E-state index in [-0.39, 0.29) is 0 Å². The summed E-state index contributed by atoms with van der Waals surface area (Å²) < 4.78 is 0. The molecule has 1 heterocycles. The van der Waals surface area contributed by atoms with Crippen molar-refractivity contribution in [1.82, 2.24) is 4.90 Å². The lowest BCUT2D eigenvalue weighted by Crippen LogP contribution is -2.34. The van der Waals surface area contributed by atoms with E-state index in [0.717, 1.165) is 12.0 Å². The first-order valence-electron chi connectivity index (χ1n) is 6.06. The van der Waals surface area contributed by atoms with Crippen LogP contribution >= 0.6 is 0 Å². The Bertz CT molecular complexity index is 151. The first-order valence-corrected chi connectivity index (χ1v) is 6.06. The fraction of sp³-hybridized carbons (Fsp3) is 1.00. The van der Waals surface area contributed by atoms with Crippen molar-refractivity contribution in [2.24, 2.45) is 5.92 Å². The molecule has 1 nitrogen and oxygen atoms in total. The van der Waals surface area contributed by atoms with E-state index in [0.29, 0.717) is 0 Å². The van der Waals surface area contributed by atoms with E-state index < -0.39 is 0 Å². The molecule has 0 aromatic carbocycles. The molecule has 1 aliphatic heterocycles. The number of hydrogen-bond donors (Lipinski definition) is 0. The van der Waals surface area contributed by atoms with Crippen molar-refractivity contribution < 1.29 is 0 Å². The lowest BCUT2D eigenvalue weighted by molar-refractivity contribution is 0.171. The summed E-state index contributed by atoms with van der Waals surface area (Å²) in [6, 6.07) is 0.924. The van der Waals surface area contributed by atoms with E-state index in [2.05, 4.69) is 11.9 Å². The monoisotopic (exact) mass is 181 g/mol. The van der Waals surface area contributed by atoms with Gasteiger partial charge in [0.05, 0.1) is 0 Å². The Morgan fingerprint density at radius 3 is 2.54 bits per heavy atom. The molecule has 1 saturated heterocycles. The average Bonchev–Trinajstić information content (AvgIpc) is 2.23. The second-order valence-electron chi connectivity index (χ2n) is 5.02. The molecule has 76 valence electrons.